The number of carbonyl (C=O) groups is 2. The zero-order valence-corrected chi connectivity index (χ0v) is 19.5. The van der Waals surface area contributed by atoms with Gasteiger partial charge in [0, 0.05) is 63.2 Å². The van der Waals surface area contributed by atoms with Gasteiger partial charge in [-0.2, -0.15) is 0 Å². The van der Waals surface area contributed by atoms with Crippen LogP contribution in [0.25, 0.3) is 0 Å². The van der Waals surface area contributed by atoms with Crippen LogP contribution in [0.3, 0.4) is 0 Å². The Balaban J connectivity index is 1.18. The van der Waals surface area contributed by atoms with Crippen LogP contribution in [-0.4, -0.2) is 71.5 Å². The fourth-order valence-electron chi connectivity index (χ4n) is 4.47. The number of nitrogens with one attached hydrogen (secondary N) is 1. The molecule has 2 saturated heterocycles. The second kappa shape index (κ2) is 9.96. The van der Waals surface area contributed by atoms with Crippen LogP contribution in [0.5, 0.6) is 5.75 Å². The Morgan fingerprint density at radius 2 is 1.86 bits per heavy atom. The lowest BCUT2D eigenvalue weighted by molar-refractivity contribution is -0.136. The average molecular weight is 474 g/mol. The standard InChI is InChI=1S/C25H27N7O3/c1-35-20-6-4-5-19(14-20)32-16-18(13-24(32)33)25(34)31-11-9-30(10-12-31)23-15-22(27-17-28-23)29-21-7-2-3-8-26-21/h2-8,14-15,17-18H,9-13,16H2,1H3,(H,26,27,28,29). The van der Waals surface area contributed by atoms with Crippen molar-refractivity contribution in [2.45, 2.75) is 6.42 Å². The van der Waals surface area contributed by atoms with Crippen LogP contribution in [0, 0.1) is 5.92 Å². The van der Waals surface area contributed by atoms with E-state index in [0.717, 1.165) is 11.5 Å². The normalized spacial score (nSPS) is 18.0. The molecule has 0 radical (unpaired) electrons. The molecular weight excluding hydrogens is 446 g/mol. The number of nitrogens with zero attached hydrogens (tertiary/aromatic N) is 6. The SMILES string of the molecule is COc1cccc(N2CC(C(=O)N3CCN(c4cc(Nc5ccccn5)ncn4)CC3)CC2=O)c1. The molecule has 2 fully saturated rings. The molecule has 180 valence electrons. The van der Waals surface area contributed by atoms with Gasteiger partial charge in [0.1, 0.15) is 29.5 Å². The Labute approximate surface area is 203 Å². The van der Waals surface area contributed by atoms with Gasteiger partial charge in [0.25, 0.3) is 0 Å². The lowest BCUT2D eigenvalue weighted by Gasteiger charge is -2.36. The minimum Gasteiger partial charge on any atom is -0.497 e. The van der Waals surface area contributed by atoms with Crippen molar-refractivity contribution in [3.63, 3.8) is 0 Å². The first-order valence-electron chi connectivity index (χ1n) is 11.6. The minimum absolute atomic E-state index is 0.0311. The molecule has 10 nitrogen and oxygen atoms in total. The van der Waals surface area contributed by atoms with E-state index in [1.54, 1.807) is 18.2 Å². The largest absolute Gasteiger partial charge is 0.497 e. The van der Waals surface area contributed by atoms with Gasteiger partial charge >= 0.3 is 0 Å². The van der Waals surface area contributed by atoms with Gasteiger partial charge in [-0.05, 0) is 24.3 Å². The molecule has 0 saturated carbocycles. The lowest BCUT2D eigenvalue weighted by atomic mass is 10.1. The fraction of sp³-hybridized carbons (Fsp3) is 0.320. The number of carbonyl (C=O) groups excluding carboxylic acids is 2. The molecule has 2 amide bonds. The number of pyridine rings is 1. The van der Waals surface area contributed by atoms with Crippen LogP contribution in [0.15, 0.2) is 61.1 Å². The molecule has 2 aliphatic rings. The van der Waals surface area contributed by atoms with E-state index in [-0.39, 0.29) is 24.2 Å². The monoisotopic (exact) mass is 473 g/mol. The van der Waals surface area contributed by atoms with Crippen molar-refractivity contribution in [1.82, 2.24) is 19.9 Å². The summed E-state index contributed by atoms with van der Waals surface area (Å²) in [4.78, 5) is 44.5. The summed E-state index contributed by atoms with van der Waals surface area (Å²) >= 11 is 0. The number of aromatic nitrogens is 3. The summed E-state index contributed by atoms with van der Waals surface area (Å²) in [5.41, 5.74) is 0.758. The second-order valence-corrected chi connectivity index (χ2v) is 8.52. The molecule has 4 heterocycles. The summed E-state index contributed by atoms with van der Waals surface area (Å²) in [5, 5.41) is 3.18. The average Bonchev–Trinajstić information content (AvgIpc) is 3.30. The molecule has 3 aromatic rings. The van der Waals surface area contributed by atoms with Crippen molar-refractivity contribution in [2.75, 3.05) is 55.0 Å². The number of rotatable bonds is 6. The van der Waals surface area contributed by atoms with E-state index >= 15 is 0 Å². The third-order valence-corrected chi connectivity index (χ3v) is 6.33. The molecule has 1 unspecified atom stereocenters. The van der Waals surface area contributed by atoms with Gasteiger partial charge in [0.05, 0.1) is 13.0 Å². The molecule has 1 atom stereocenters. The maximum atomic E-state index is 13.2. The van der Waals surface area contributed by atoms with Gasteiger partial charge < -0.3 is 24.8 Å². The third kappa shape index (κ3) is 5.01. The highest BCUT2D eigenvalue weighted by Crippen LogP contribution is 2.29. The molecule has 10 heteroatoms. The summed E-state index contributed by atoms with van der Waals surface area (Å²) in [6.45, 7) is 2.86. The van der Waals surface area contributed by atoms with Gasteiger partial charge in [-0.1, -0.05) is 12.1 Å². The lowest BCUT2D eigenvalue weighted by Crippen LogP contribution is -2.51. The topological polar surface area (TPSA) is 104 Å². The first-order chi connectivity index (χ1) is 17.1. The highest BCUT2D eigenvalue weighted by atomic mass is 16.5. The van der Waals surface area contributed by atoms with Crippen molar-refractivity contribution < 1.29 is 14.3 Å². The minimum atomic E-state index is -0.339. The van der Waals surface area contributed by atoms with Crippen LogP contribution in [0.2, 0.25) is 0 Å². The van der Waals surface area contributed by atoms with E-state index in [1.165, 1.54) is 6.33 Å². The van der Waals surface area contributed by atoms with E-state index in [0.29, 0.717) is 50.1 Å². The van der Waals surface area contributed by atoms with Crippen molar-refractivity contribution in [2.24, 2.45) is 5.92 Å². The number of benzene rings is 1. The Bertz CT molecular complexity index is 1200. The number of piperazine rings is 1. The van der Waals surface area contributed by atoms with Gasteiger partial charge in [-0.3, -0.25) is 9.59 Å². The first kappa shape index (κ1) is 22.6. The van der Waals surface area contributed by atoms with Gasteiger partial charge in [0.2, 0.25) is 11.8 Å². The summed E-state index contributed by atoms with van der Waals surface area (Å²) in [6, 6.07) is 14.9. The maximum Gasteiger partial charge on any atom is 0.228 e. The summed E-state index contributed by atoms with van der Waals surface area (Å²) in [7, 11) is 1.59. The molecule has 0 bridgehead atoms. The number of anilines is 4. The second-order valence-electron chi connectivity index (χ2n) is 8.52. The van der Waals surface area contributed by atoms with Crippen molar-refractivity contribution in [3.8, 4) is 5.75 Å². The highest BCUT2D eigenvalue weighted by molar-refractivity contribution is 6.00. The highest BCUT2D eigenvalue weighted by Gasteiger charge is 2.38. The van der Waals surface area contributed by atoms with E-state index in [1.807, 2.05) is 53.4 Å². The Hall–Kier alpha value is -4.21. The Morgan fingerprint density at radius 1 is 1.00 bits per heavy atom. The van der Waals surface area contributed by atoms with Gasteiger partial charge in [0.15, 0.2) is 0 Å². The predicted molar refractivity (Wildman–Crippen MR) is 132 cm³/mol. The van der Waals surface area contributed by atoms with Gasteiger partial charge in [-0.15, -0.1) is 0 Å². The van der Waals surface area contributed by atoms with E-state index in [4.69, 9.17) is 4.74 Å². The van der Waals surface area contributed by atoms with Crippen LogP contribution >= 0.6 is 0 Å². The fourth-order valence-corrected chi connectivity index (χ4v) is 4.47. The van der Waals surface area contributed by atoms with Crippen molar-refractivity contribution >= 4 is 35.0 Å². The molecule has 2 aromatic heterocycles. The molecular formula is C25H27N7O3. The summed E-state index contributed by atoms with van der Waals surface area (Å²) in [6.07, 6.45) is 3.47. The number of ether oxygens (including phenoxy) is 1. The van der Waals surface area contributed by atoms with E-state index < -0.39 is 0 Å². The van der Waals surface area contributed by atoms with Crippen LogP contribution in [0.4, 0.5) is 23.1 Å². The zero-order valence-electron chi connectivity index (χ0n) is 19.5. The molecule has 1 N–H and O–H groups in total. The van der Waals surface area contributed by atoms with Crippen molar-refractivity contribution in [1.29, 1.82) is 0 Å². The van der Waals surface area contributed by atoms with Crippen LogP contribution < -0.4 is 19.9 Å². The maximum absolute atomic E-state index is 13.2. The molecule has 0 spiro atoms. The summed E-state index contributed by atoms with van der Waals surface area (Å²) < 4.78 is 5.27. The number of hydrogen-bond donors (Lipinski definition) is 1. The molecule has 35 heavy (non-hydrogen) atoms. The first-order valence-corrected chi connectivity index (χ1v) is 11.6. The quantitative estimate of drug-likeness (QED) is 0.582. The predicted octanol–water partition coefficient (Wildman–Crippen LogP) is 2.33. The molecule has 0 aliphatic carbocycles. The number of hydrogen-bond acceptors (Lipinski definition) is 8. The zero-order chi connectivity index (χ0) is 24.2. The Kier molecular flexibility index (Phi) is 6.42. The summed E-state index contributed by atoms with van der Waals surface area (Å²) in [5.74, 6) is 2.51. The van der Waals surface area contributed by atoms with E-state index in [9.17, 15) is 9.59 Å². The molecule has 5 rings (SSSR count). The molecule has 1 aromatic carbocycles. The third-order valence-electron chi connectivity index (χ3n) is 6.33. The van der Waals surface area contributed by atoms with Crippen LogP contribution in [-0.2, 0) is 9.59 Å². The number of amides is 2. The van der Waals surface area contributed by atoms with Crippen molar-refractivity contribution in [3.05, 3.63) is 61.1 Å². The number of methoxy groups -OCH3 is 1. The van der Waals surface area contributed by atoms with Crippen LogP contribution in [0.1, 0.15) is 6.42 Å². The van der Waals surface area contributed by atoms with E-state index in [2.05, 4.69) is 25.2 Å². The Morgan fingerprint density at radius 3 is 2.63 bits per heavy atom. The smallest absolute Gasteiger partial charge is 0.228 e. The van der Waals surface area contributed by atoms with Gasteiger partial charge in [-0.25, -0.2) is 15.0 Å². The molecule has 2 aliphatic heterocycles.